The van der Waals surface area contributed by atoms with Gasteiger partial charge in [0.05, 0.1) is 10.5 Å². The van der Waals surface area contributed by atoms with Gasteiger partial charge in [0.2, 0.25) is 0 Å². The lowest BCUT2D eigenvalue weighted by Gasteiger charge is -2.06. The molecule has 0 fully saturated rings. The third-order valence-corrected chi connectivity index (χ3v) is 2.31. The first-order chi connectivity index (χ1) is 6.21. The van der Waals surface area contributed by atoms with Gasteiger partial charge in [0.1, 0.15) is 0 Å². The Hall–Kier alpha value is -0.790. The summed E-state index contributed by atoms with van der Waals surface area (Å²) in [6, 6.07) is 2.88. The molecule has 0 aliphatic carbocycles. The molecule has 1 aromatic carbocycles. The van der Waals surface area contributed by atoms with Crippen LogP contribution in [0.15, 0.2) is 29.2 Å². The average Bonchev–Trinajstić information content (AvgIpc) is 2.01. The molecule has 0 aliphatic heterocycles. The molecule has 0 aliphatic rings. The van der Waals surface area contributed by atoms with Crippen LogP contribution < -0.4 is 0 Å². The highest BCUT2D eigenvalue weighted by atomic mass is 35.5. The second-order valence-corrected chi connectivity index (χ2v) is 3.92. The van der Waals surface area contributed by atoms with Crippen molar-refractivity contribution in [3.8, 4) is 0 Å². The monoisotopic (exact) mass is 262 g/mol. The van der Waals surface area contributed by atoms with Crippen LogP contribution in [0, 0.1) is 0 Å². The number of halogens is 4. The highest BCUT2D eigenvalue weighted by Crippen LogP contribution is 2.30. The van der Waals surface area contributed by atoms with E-state index in [2.05, 4.69) is 0 Å². The molecule has 0 amide bonds. The molecule has 1 rings (SSSR count). The Morgan fingerprint density at radius 2 is 1.73 bits per heavy atom. The standard InChI is InChI=1S/C7H5F3O3S.ClH/c8-7(9,10)5-2-1-3-6(4-5)14(11,12)13;/h1-4H,(H,11,12,13);1H. The lowest BCUT2D eigenvalue weighted by molar-refractivity contribution is -0.137. The molecular weight excluding hydrogens is 257 g/mol. The second kappa shape index (κ2) is 4.38. The molecule has 0 unspecified atom stereocenters. The maximum absolute atomic E-state index is 12.1. The van der Waals surface area contributed by atoms with Crippen molar-refractivity contribution in [2.24, 2.45) is 0 Å². The Bertz CT molecular complexity index is 441. The topological polar surface area (TPSA) is 54.4 Å². The summed E-state index contributed by atoms with van der Waals surface area (Å²) in [4.78, 5) is -0.771. The average molecular weight is 263 g/mol. The van der Waals surface area contributed by atoms with Crippen molar-refractivity contribution in [1.82, 2.24) is 0 Å². The van der Waals surface area contributed by atoms with Gasteiger partial charge < -0.3 is 0 Å². The Kier molecular flexibility index (Phi) is 4.15. The molecule has 15 heavy (non-hydrogen) atoms. The summed E-state index contributed by atoms with van der Waals surface area (Å²) in [7, 11) is -4.59. The van der Waals surface area contributed by atoms with Crippen molar-refractivity contribution in [3.63, 3.8) is 0 Å². The van der Waals surface area contributed by atoms with Crippen LogP contribution in [0.3, 0.4) is 0 Å². The molecule has 0 bridgehead atoms. The first kappa shape index (κ1) is 14.2. The molecule has 1 aromatic rings. The highest BCUT2D eigenvalue weighted by molar-refractivity contribution is 7.85. The van der Waals surface area contributed by atoms with E-state index in [4.69, 9.17) is 4.55 Å². The van der Waals surface area contributed by atoms with Crippen molar-refractivity contribution in [3.05, 3.63) is 29.8 Å². The number of rotatable bonds is 1. The van der Waals surface area contributed by atoms with Crippen LogP contribution >= 0.6 is 12.4 Å². The van der Waals surface area contributed by atoms with Gasteiger partial charge in [0.15, 0.2) is 0 Å². The summed E-state index contributed by atoms with van der Waals surface area (Å²) in [5.74, 6) is 0. The van der Waals surface area contributed by atoms with E-state index in [1.807, 2.05) is 0 Å². The summed E-state index contributed by atoms with van der Waals surface area (Å²) in [6.07, 6.45) is -4.62. The molecule has 0 spiro atoms. The van der Waals surface area contributed by atoms with Gasteiger partial charge >= 0.3 is 6.18 Å². The van der Waals surface area contributed by atoms with Gasteiger partial charge in [0.25, 0.3) is 10.1 Å². The van der Waals surface area contributed by atoms with Gasteiger partial charge in [-0.25, -0.2) is 0 Å². The fraction of sp³-hybridized carbons (Fsp3) is 0.143. The molecule has 0 atom stereocenters. The van der Waals surface area contributed by atoms with Gasteiger partial charge in [-0.3, -0.25) is 4.55 Å². The van der Waals surface area contributed by atoms with E-state index >= 15 is 0 Å². The summed E-state index contributed by atoms with van der Waals surface area (Å²) < 4.78 is 65.7. The van der Waals surface area contributed by atoms with Crippen LogP contribution in [0.5, 0.6) is 0 Å². The lowest BCUT2D eigenvalue weighted by atomic mass is 10.2. The van der Waals surface area contributed by atoms with Crippen LogP contribution in [-0.2, 0) is 16.3 Å². The molecule has 0 radical (unpaired) electrons. The molecule has 0 heterocycles. The zero-order chi connectivity index (χ0) is 11.0. The molecule has 1 N–H and O–H groups in total. The van der Waals surface area contributed by atoms with E-state index in [9.17, 15) is 21.6 Å². The fourth-order valence-corrected chi connectivity index (χ4v) is 1.36. The molecule has 3 nitrogen and oxygen atoms in total. The van der Waals surface area contributed by atoms with Crippen molar-refractivity contribution in [2.75, 3.05) is 0 Å². The van der Waals surface area contributed by atoms with Crippen LogP contribution in [0.25, 0.3) is 0 Å². The van der Waals surface area contributed by atoms with Crippen LogP contribution in [0.1, 0.15) is 5.56 Å². The van der Waals surface area contributed by atoms with E-state index in [1.165, 1.54) is 0 Å². The summed E-state index contributed by atoms with van der Waals surface area (Å²) in [5, 5.41) is 0. The molecule has 8 heteroatoms. The lowest BCUT2D eigenvalue weighted by Crippen LogP contribution is -2.07. The molecule has 0 saturated carbocycles. The minimum atomic E-state index is -4.62. The third kappa shape index (κ3) is 3.69. The van der Waals surface area contributed by atoms with E-state index in [0.717, 1.165) is 12.1 Å². The maximum atomic E-state index is 12.1. The molecule has 0 aromatic heterocycles. The van der Waals surface area contributed by atoms with Crippen molar-refractivity contribution >= 4 is 22.5 Å². The van der Waals surface area contributed by atoms with Crippen LogP contribution in [-0.4, -0.2) is 13.0 Å². The smallest absolute Gasteiger partial charge is 0.282 e. The Morgan fingerprint density at radius 3 is 2.13 bits per heavy atom. The summed E-state index contributed by atoms with van der Waals surface area (Å²) in [6.45, 7) is 0. The van der Waals surface area contributed by atoms with Crippen molar-refractivity contribution < 1.29 is 26.1 Å². The predicted molar refractivity (Wildman–Crippen MR) is 48.5 cm³/mol. The maximum Gasteiger partial charge on any atom is 0.416 e. The third-order valence-electron chi connectivity index (χ3n) is 1.46. The normalized spacial score (nSPS) is 12.0. The van der Waals surface area contributed by atoms with Crippen molar-refractivity contribution in [1.29, 1.82) is 0 Å². The number of alkyl halides is 3. The van der Waals surface area contributed by atoms with E-state index in [0.29, 0.717) is 12.1 Å². The Labute approximate surface area is 90.1 Å². The number of benzene rings is 1. The van der Waals surface area contributed by atoms with Gasteiger partial charge in [-0.05, 0) is 18.2 Å². The number of hydrogen-bond donors (Lipinski definition) is 1. The minimum Gasteiger partial charge on any atom is -0.282 e. The molecule has 0 saturated heterocycles. The fourth-order valence-electron chi connectivity index (χ4n) is 0.833. The minimum absolute atomic E-state index is 0. The summed E-state index contributed by atoms with van der Waals surface area (Å²) >= 11 is 0. The largest absolute Gasteiger partial charge is 0.416 e. The quantitative estimate of drug-likeness (QED) is 0.791. The van der Waals surface area contributed by atoms with Gasteiger partial charge in [-0.1, -0.05) is 6.07 Å². The van der Waals surface area contributed by atoms with Gasteiger partial charge in [-0.2, -0.15) is 21.6 Å². The first-order valence-corrected chi connectivity index (χ1v) is 4.80. The summed E-state index contributed by atoms with van der Waals surface area (Å²) in [5.41, 5.74) is -1.12. The SMILES string of the molecule is Cl.O=S(=O)(O)c1cccc(C(F)(F)F)c1. The Morgan fingerprint density at radius 1 is 1.20 bits per heavy atom. The van der Waals surface area contributed by atoms with E-state index < -0.39 is 26.8 Å². The van der Waals surface area contributed by atoms with Gasteiger partial charge in [-0.15, -0.1) is 12.4 Å². The zero-order valence-electron chi connectivity index (χ0n) is 7.02. The van der Waals surface area contributed by atoms with Crippen molar-refractivity contribution in [2.45, 2.75) is 11.1 Å². The molecular formula is C7H6ClF3O3S. The zero-order valence-corrected chi connectivity index (χ0v) is 8.66. The molecule has 86 valence electrons. The highest BCUT2D eigenvalue weighted by Gasteiger charge is 2.31. The van der Waals surface area contributed by atoms with E-state index in [-0.39, 0.29) is 12.4 Å². The van der Waals surface area contributed by atoms with Crippen LogP contribution in [0.4, 0.5) is 13.2 Å². The Balaban J connectivity index is 0.00000196. The second-order valence-electron chi connectivity index (χ2n) is 2.50. The van der Waals surface area contributed by atoms with E-state index in [1.54, 1.807) is 0 Å². The predicted octanol–water partition coefficient (Wildman–Crippen LogP) is 2.37. The van der Waals surface area contributed by atoms with Crippen LogP contribution in [0.2, 0.25) is 0 Å². The number of hydrogen-bond acceptors (Lipinski definition) is 2. The first-order valence-electron chi connectivity index (χ1n) is 3.36. The van der Waals surface area contributed by atoms with Gasteiger partial charge in [0, 0.05) is 0 Å².